The van der Waals surface area contributed by atoms with Crippen molar-refractivity contribution >= 4 is 20.8 Å². The zero-order valence-electron chi connectivity index (χ0n) is 9.60. The molecule has 0 bridgehead atoms. The molecule has 0 saturated heterocycles. The topological polar surface area (TPSA) is 35.2 Å². The third kappa shape index (κ3) is 4.30. The Kier molecular flexibility index (Phi) is 4.77. The van der Waals surface area contributed by atoms with E-state index in [1.54, 1.807) is 30.3 Å². The van der Waals surface area contributed by atoms with Gasteiger partial charge in [0.2, 0.25) is 0 Å². The molecule has 0 atom stereocenters. The van der Waals surface area contributed by atoms with Crippen LogP contribution in [-0.2, 0) is 0 Å². The van der Waals surface area contributed by atoms with E-state index in [-0.39, 0.29) is 0 Å². The van der Waals surface area contributed by atoms with Gasteiger partial charge in [-0.25, -0.2) is 0 Å². The maximum absolute atomic E-state index is 5.70. The standard InChI is InChI=1S/C12H14B2NO/c1-9(14-2)3-8-12(13)16-11-6-4-10(15)5-7-11/h3-8H,15H2,1-2H3/b9-3+,12-8+. The molecule has 0 heterocycles. The van der Waals surface area contributed by atoms with Crippen molar-refractivity contribution in [3.8, 4) is 5.75 Å². The molecule has 1 rings (SSSR count). The molecule has 0 amide bonds. The highest BCUT2D eigenvalue weighted by Crippen LogP contribution is 2.15. The molecule has 0 saturated carbocycles. The smallest absolute Gasteiger partial charge is 0.167 e. The van der Waals surface area contributed by atoms with Gasteiger partial charge in [-0.3, -0.25) is 0 Å². The number of hydrogen-bond acceptors (Lipinski definition) is 2. The Morgan fingerprint density at radius 1 is 1.31 bits per heavy atom. The van der Waals surface area contributed by atoms with E-state index in [1.165, 1.54) is 0 Å². The Labute approximate surface area is 98.8 Å². The van der Waals surface area contributed by atoms with Gasteiger partial charge in [-0.1, -0.05) is 19.8 Å². The Morgan fingerprint density at radius 3 is 2.50 bits per heavy atom. The molecule has 0 fully saturated rings. The lowest BCUT2D eigenvalue weighted by atomic mass is 9.73. The van der Waals surface area contributed by atoms with Crippen molar-refractivity contribution in [2.45, 2.75) is 13.7 Å². The fraction of sp³-hybridized carbons (Fsp3) is 0.167. The van der Waals surface area contributed by atoms with Crippen LogP contribution < -0.4 is 10.5 Å². The second-order valence-corrected chi connectivity index (χ2v) is 3.44. The lowest BCUT2D eigenvalue weighted by Crippen LogP contribution is -1.95. The fourth-order valence-corrected chi connectivity index (χ4v) is 1.02. The predicted molar refractivity (Wildman–Crippen MR) is 70.7 cm³/mol. The van der Waals surface area contributed by atoms with Gasteiger partial charge in [0, 0.05) is 11.3 Å². The van der Waals surface area contributed by atoms with Crippen LogP contribution in [0.5, 0.6) is 5.75 Å². The van der Waals surface area contributed by atoms with Gasteiger partial charge in [0.15, 0.2) is 7.85 Å². The molecular weight excluding hydrogens is 196 g/mol. The number of benzene rings is 1. The maximum atomic E-state index is 5.70. The zero-order chi connectivity index (χ0) is 12.0. The van der Waals surface area contributed by atoms with Gasteiger partial charge in [0.25, 0.3) is 0 Å². The van der Waals surface area contributed by atoms with Gasteiger partial charge >= 0.3 is 0 Å². The van der Waals surface area contributed by atoms with Crippen LogP contribution in [0.2, 0.25) is 6.82 Å². The first-order valence-electron chi connectivity index (χ1n) is 5.08. The normalized spacial score (nSPS) is 12.4. The SMILES string of the molecule is [B]/C(=C\C=C(/C)[B]C)Oc1ccc(N)cc1. The molecule has 1 aromatic rings. The van der Waals surface area contributed by atoms with Crippen LogP contribution in [0, 0.1) is 0 Å². The second kappa shape index (κ2) is 6.11. The van der Waals surface area contributed by atoms with Crippen molar-refractivity contribution < 1.29 is 4.74 Å². The largest absolute Gasteiger partial charge is 0.473 e. The monoisotopic (exact) mass is 210 g/mol. The molecule has 79 valence electrons. The van der Waals surface area contributed by atoms with Gasteiger partial charge in [-0.2, -0.15) is 0 Å². The van der Waals surface area contributed by atoms with E-state index in [0.29, 0.717) is 17.1 Å². The van der Waals surface area contributed by atoms with Crippen LogP contribution in [-0.4, -0.2) is 15.1 Å². The molecule has 0 unspecified atom stereocenters. The number of hydrogen-bond donors (Lipinski definition) is 1. The van der Waals surface area contributed by atoms with Crippen LogP contribution in [0.4, 0.5) is 5.69 Å². The summed E-state index contributed by atoms with van der Waals surface area (Å²) in [6.45, 7) is 3.96. The van der Waals surface area contributed by atoms with Crippen LogP contribution >= 0.6 is 0 Å². The second-order valence-electron chi connectivity index (χ2n) is 3.44. The van der Waals surface area contributed by atoms with E-state index in [4.69, 9.17) is 18.3 Å². The van der Waals surface area contributed by atoms with Crippen molar-refractivity contribution in [2.75, 3.05) is 5.73 Å². The van der Waals surface area contributed by atoms with Gasteiger partial charge in [0.1, 0.15) is 13.0 Å². The Hall–Kier alpha value is -1.57. The lowest BCUT2D eigenvalue weighted by molar-refractivity contribution is 0.462. The Balaban J connectivity index is 2.64. The summed E-state index contributed by atoms with van der Waals surface area (Å²) in [6, 6.07) is 7.09. The first-order chi connectivity index (χ1) is 7.61. The molecule has 0 aliphatic carbocycles. The third-order valence-corrected chi connectivity index (χ3v) is 2.08. The molecule has 0 aliphatic rings. The molecule has 0 aliphatic heterocycles. The van der Waals surface area contributed by atoms with Crippen LogP contribution in [0.25, 0.3) is 0 Å². The zero-order valence-corrected chi connectivity index (χ0v) is 9.60. The Bertz CT molecular complexity index is 396. The number of nitrogen functional groups attached to an aromatic ring is 1. The molecule has 0 spiro atoms. The molecule has 2 nitrogen and oxygen atoms in total. The average molecular weight is 210 g/mol. The number of anilines is 1. The van der Waals surface area contributed by atoms with Gasteiger partial charge in [-0.15, -0.1) is 5.47 Å². The summed E-state index contributed by atoms with van der Waals surface area (Å²) < 4.78 is 5.39. The number of rotatable bonds is 4. The minimum Gasteiger partial charge on any atom is -0.473 e. The van der Waals surface area contributed by atoms with E-state index in [0.717, 1.165) is 5.47 Å². The quantitative estimate of drug-likeness (QED) is 0.358. The highest BCUT2D eigenvalue weighted by Gasteiger charge is 1.94. The average Bonchev–Trinajstić information content (AvgIpc) is 2.29. The summed E-state index contributed by atoms with van der Waals surface area (Å²) in [4.78, 5) is 0. The number of nitrogens with two attached hydrogens (primary N) is 1. The van der Waals surface area contributed by atoms with Crippen molar-refractivity contribution in [1.29, 1.82) is 0 Å². The summed E-state index contributed by atoms with van der Waals surface area (Å²) in [5.41, 5.74) is 7.74. The molecule has 0 aromatic heterocycles. The van der Waals surface area contributed by atoms with Gasteiger partial charge < -0.3 is 10.5 Å². The fourth-order valence-electron chi connectivity index (χ4n) is 1.02. The third-order valence-electron chi connectivity index (χ3n) is 2.08. The first kappa shape index (κ1) is 12.5. The van der Waals surface area contributed by atoms with Crippen LogP contribution in [0.15, 0.2) is 47.5 Å². The van der Waals surface area contributed by atoms with Crippen molar-refractivity contribution in [3.05, 3.63) is 47.5 Å². The summed E-state index contributed by atoms with van der Waals surface area (Å²) in [5, 5.41) is 0. The number of ether oxygens (including phenoxy) is 1. The summed E-state index contributed by atoms with van der Waals surface area (Å²) in [6.07, 6.45) is 3.62. The van der Waals surface area contributed by atoms with E-state index in [2.05, 4.69) is 0 Å². The highest BCUT2D eigenvalue weighted by molar-refractivity contribution is 6.43. The summed E-state index contributed by atoms with van der Waals surface area (Å²) in [7, 11) is 7.69. The van der Waals surface area contributed by atoms with E-state index in [1.807, 2.05) is 27.1 Å². The summed E-state index contributed by atoms with van der Waals surface area (Å²) >= 11 is 0. The maximum Gasteiger partial charge on any atom is 0.167 e. The molecule has 2 N–H and O–H groups in total. The van der Waals surface area contributed by atoms with Crippen LogP contribution in [0.3, 0.4) is 0 Å². The lowest BCUT2D eigenvalue weighted by Gasteiger charge is -2.05. The minimum absolute atomic E-state index is 0.353. The molecule has 16 heavy (non-hydrogen) atoms. The molecule has 1 aromatic carbocycles. The Morgan fingerprint density at radius 2 is 1.94 bits per heavy atom. The van der Waals surface area contributed by atoms with Gasteiger partial charge in [0.05, 0.1) is 0 Å². The highest BCUT2D eigenvalue weighted by atomic mass is 16.5. The van der Waals surface area contributed by atoms with Crippen LogP contribution in [0.1, 0.15) is 6.92 Å². The van der Waals surface area contributed by atoms with E-state index < -0.39 is 0 Å². The minimum atomic E-state index is 0.353. The summed E-state index contributed by atoms with van der Waals surface area (Å²) in [5.74, 6) is 0.675. The van der Waals surface area contributed by atoms with Crippen molar-refractivity contribution in [2.24, 2.45) is 0 Å². The number of allylic oxidation sites excluding steroid dienone is 3. The van der Waals surface area contributed by atoms with Crippen molar-refractivity contribution in [3.63, 3.8) is 0 Å². The molecule has 4 heteroatoms. The molecular formula is C12H14B2NO. The van der Waals surface area contributed by atoms with Crippen molar-refractivity contribution in [1.82, 2.24) is 0 Å². The van der Waals surface area contributed by atoms with E-state index >= 15 is 0 Å². The van der Waals surface area contributed by atoms with E-state index in [9.17, 15) is 0 Å². The van der Waals surface area contributed by atoms with Gasteiger partial charge in [-0.05, 0) is 30.3 Å². The predicted octanol–water partition coefficient (Wildman–Crippen LogP) is 2.31. The first-order valence-corrected chi connectivity index (χ1v) is 5.08. The molecule has 3 radical (unpaired) electrons.